The minimum absolute atomic E-state index is 0.159. The number of nitrogens with one attached hydrogen (secondary N) is 1. The fraction of sp³-hybridized carbons (Fsp3) is 0.115. The first-order chi connectivity index (χ1) is 15.5. The molecular weight excluding hydrogens is 416 g/mol. The predicted octanol–water partition coefficient (Wildman–Crippen LogP) is 6.20. The Bertz CT molecular complexity index is 1490. The molecule has 0 aliphatic rings. The second-order valence-corrected chi connectivity index (χ2v) is 8.81. The fourth-order valence-corrected chi connectivity index (χ4v) is 4.65. The van der Waals surface area contributed by atoms with Crippen molar-refractivity contribution in [3.05, 3.63) is 99.8 Å². The molecule has 0 unspecified atom stereocenters. The predicted molar refractivity (Wildman–Crippen MR) is 133 cm³/mol. The number of H-pyrrole nitrogens is 1. The molecule has 1 N–H and O–H groups in total. The van der Waals surface area contributed by atoms with Crippen LogP contribution in [0.5, 0.6) is 0 Å². The van der Waals surface area contributed by atoms with Crippen molar-refractivity contribution in [2.45, 2.75) is 20.8 Å². The third-order valence-electron chi connectivity index (χ3n) is 5.58. The maximum atomic E-state index is 13.6. The Morgan fingerprint density at radius 3 is 2.47 bits per heavy atom. The van der Waals surface area contributed by atoms with E-state index in [-0.39, 0.29) is 5.56 Å². The zero-order valence-corrected chi connectivity index (χ0v) is 18.9. The fourth-order valence-electron chi connectivity index (χ4n) is 3.72. The Balaban J connectivity index is 1.71. The lowest BCUT2D eigenvalue weighted by molar-refractivity contribution is 0.845. The van der Waals surface area contributed by atoms with Crippen LogP contribution in [0, 0.1) is 13.8 Å². The van der Waals surface area contributed by atoms with E-state index in [0.717, 1.165) is 27.2 Å². The standard InChI is InChI=1S/C26H22N4OS/c1-16-13-14-20(15-17(16)2)27-18(3)23-24(19-9-5-4-6-10-19)29-30(25(23)31)26-28-21-11-7-8-12-22(21)32-26/h4-15,29H,1-3H3. The molecule has 0 spiro atoms. The molecule has 0 amide bonds. The summed E-state index contributed by atoms with van der Waals surface area (Å²) in [6, 6.07) is 23.8. The van der Waals surface area contributed by atoms with E-state index in [1.807, 2.05) is 73.7 Å². The lowest BCUT2D eigenvalue weighted by atomic mass is 10.0. The first kappa shape index (κ1) is 20.2. The molecule has 3 aromatic carbocycles. The van der Waals surface area contributed by atoms with E-state index < -0.39 is 0 Å². The van der Waals surface area contributed by atoms with Crippen LogP contribution in [0.15, 0.2) is 82.6 Å². The molecule has 2 aromatic heterocycles. The van der Waals surface area contributed by atoms with Gasteiger partial charge in [-0.05, 0) is 56.2 Å². The van der Waals surface area contributed by atoms with Crippen molar-refractivity contribution >= 4 is 33.0 Å². The van der Waals surface area contributed by atoms with Gasteiger partial charge in [0.05, 0.1) is 32.9 Å². The van der Waals surface area contributed by atoms with Gasteiger partial charge in [-0.3, -0.25) is 14.9 Å². The highest BCUT2D eigenvalue weighted by atomic mass is 32.1. The Morgan fingerprint density at radius 1 is 0.969 bits per heavy atom. The van der Waals surface area contributed by atoms with Crippen molar-refractivity contribution < 1.29 is 0 Å². The Kier molecular flexibility index (Phi) is 5.07. The van der Waals surface area contributed by atoms with Crippen molar-refractivity contribution in [1.82, 2.24) is 14.8 Å². The Morgan fingerprint density at radius 2 is 1.72 bits per heavy atom. The van der Waals surface area contributed by atoms with Gasteiger partial charge in [0.2, 0.25) is 5.13 Å². The minimum atomic E-state index is -0.159. The topological polar surface area (TPSA) is 63.0 Å². The molecule has 0 aliphatic heterocycles. The van der Waals surface area contributed by atoms with Crippen molar-refractivity contribution in [1.29, 1.82) is 0 Å². The summed E-state index contributed by atoms with van der Waals surface area (Å²) in [5, 5.41) is 3.91. The zero-order valence-electron chi connectivity index (χ0n) is 18.1. The van der Waals surface area contributed by atoms with Crippen LogP contribution >= 0.6 is 11.3 Å². The van der Waals surface area contributed by atoms with Crippen LogP contribution in [0.1, 0.15) is 23.6 Å². The van der Waals surface area contributed by atoms with Gasteiger partial charge in [0.1, 0.15) is 0 Å². The summed E-state index contributed by atoms with van der Waals surface area (Å²) >= 11 is 1.48. The monoisotopic (exact) mass is 438 g/mol. The van der Waals surface area contributed by atoms with Gasteiger partial charge in [0, 0.05) is 5.56 Å². The van der Waals surface area contributed by atoms with E-state index in [0.29, 0.717) is 16.4 Å². The number of aromatic amines is 1. The lowest BCUT2D eigenvalue weighted by Gasteiger charge is -2.04. The van der Waals surface area contributed by atoms with Gasteiger partial charge in [-0.1, -0.05) is 59.9 Å². The number of hydrogen-bond donors (Lipinski definition) is 1. The van der Waals surface area contributed by atoms with Crippen molar-refractivity contribution in [3.63, 3.8) is 0 Å². The number of fused-ring (bicyclic) bond motifs is 1. The molecule has 0 radical (unpaired) electrons. The van der Waals surface area contributed by atoms with E-state index in [1.54, 1.807) is 0 Å². The second kappa shape index (κ2) is 8.05. The summed E-state index contributed by atoms with van der Waals surface area (Å²) in [5.74, 6) is 0. The summed E-state index contributed by atoms with van der Waals surface area (Å²) < 4.78 is 2.56. The van der Waals surface area contributed by atoms with Gasteiger partial charge in [0.25, 0.3) is 5.56 Å². The number of aliphatic imine (C=N–C) groups is 1. The SMILES string of the molecule is CC(=Nc1ccc(C)c(C)c1)c1c(-c2ccccc2)[nH]n(-c2nc3ccccc3s2)c1=O. The smallest absolute Gasteiger partial charge is 0.283 e. The minimum Gasteiger partial charge on any atom is -0.288 e. The maximum absolute atomic E-state index is 13.6. The molecule has 2 heterocycles. The van der Waals surface area contributed by atoms with Gasteiger partial charge >= 0.3 is 0 Å². The maximum Gasteiger partial charge on any atom is 0.283 e. The summed E-state index contributed by atoms with van der Waals surface area (Å²) in [7, 11) is 0. The number of aryl methyl sites for hydroxylation is 2. The van der Waals surface area contributed by atoms with E-state index >= 15 is 0 Å². The second-order valence-electron chi connectivity index (χ2n) is 7.80. The molecular formula is C26H22N4OS. The summed E-state index contributed by atoms with van der Waals surface area (Å²) in [4.78, 5) is 23.1. The van der Waals surface area contributed by atoms with Gasteiger partial charge in [-0.2, -0.15) is 4.68 Å². The van der Waals surface area contributed by atoms with E-state index in [4.69, 9.17) is 4.99 Å². The molecule has 158 valence electrons. The molecule has 0 aliphatic carbocycles. The first-order valence-electron chi connectivity index (χ1n) is 10.4. The summed E-state index contributed by atoms with van der Waals surface area (Å²) in [6.07, 6.45) is 0. The summed E-state index contributed by atoms with van der Waals surface area (Å²) in [5.41, 5.74) is 6.80. The van der Waals surface area contributed by atoms with Gasteiger partial charge in [0.15, 0.2) is 0 Å². The number of para-hydroxylation sites is 1. The van der Waals surface area contributed by atoms with E-state index in [1.165, 1.54) is 27.1 Å². The number of thiazole rings is 1. The van der Waals surface area contributed by atoms with Crippen molar-refractivity contribution in [3.8, 4) is 16.4 Å². The van der Waals surface area contributed by atoms with Crippen LogP contribution in [0.2, 0.25) is 0 Å². The van der Waals surface area contributed by atoms with Crippen LogP contribution in [-0.4, -0.2) is 20.5 Å². The highest BCUT2D eigenvalue weighted by Gasteiger charge is 2.21. The molecule has 0 atom stereocenters. The number of rotatable bonds is 4. The molecule has 5 aromatic rings. The first-order valence-corrected chi connectivity index (χ1v) is 11.2. The molecule has 0 saturated carbocycles. The highest BCUT2D eigenvalue weighted by Crippen LogP contribution is 2.27. The number of hydrogen-bond acceptors (Lipinski definition) is 4. The quantitative estimate of drug-likeness (QED) is 0.340. The average molecular weight is 439 g/mol. The zero-order chi connectivity index (χ0) is 22.2. The average Bonchev–Trinajstić information content (AvgIpc) is 3.37. The third kappa shape index (κ3) is 3.59. The molecule has 32 heavy (non-hydrogen) atoms. The van der Waals surface area contributed by atoms with Crippen LogP contribution in [0.3, 0.4) is 0 Å². The Labute approximate surface area is 189 Å². The van der Waals surface area contributed by atoms with Crippen molar-refractivity contribution in [2.24, 2.45) is 4.99 Å². The lowest BCUT2D eigenvalue weighted by Crippen LogP contribution is -2.19. The van der Waals surface area contributed by atoms with Crippen molar-refractivity contribution in [2.75, 3.05) is 0 Å². The van der Waals surface area contributed by atoms with E-state index in [2.05, 4.69) is 30.0 Å². The Hall–Kier alpha value is -3.77. The number of benzene rings is 3. The van der Waals surface area contributed by atoms with Crippen LogP contribution in [-0.2, 0) is 0 Å². The molecule has 0 fully saturated rings. The van der Waals surface area contributed by atoms with Crippen LogP contribution < -0.4 is 5.56 Å². The molecule has 5 rings (SSSR count). The highest BCUT2D eigenvalue weighted by molar-refractivity contribution is 7.20. The van der Waals surface area contributed by atoms with Gasteiger partial charge in [-0.15, -0.1) is 0 Å². The van der Waals surface area contributed by atoms with Gasteiger partial charge in [-0.25, -0.2) is 4.98 Å². The molecule has 6 heteroatoms. The molecule has 0 saturated heterocycles. The number of aromatic nitrogens is 3. The summed E-state index contributed by atoms with van der Waals surface area (Å²) in [6.45, 7) is 6.02. The van der Waals surface area contributed by atoms with Crippen LogP contribution in [0.25, 0.3) is 26.6 Å². The van der Waals surface area contributed by atoms with Gasteiger partial charge < -0.3 is 0 Å². The van der Waals surface area contributed by atoms with E-state index in [9.17, 15) is 4.79 Å². The third-order valence-corrected chi connectivity index (χ3v) is 6.60. The molecule has 5 nitrogen and oxygen atoms in total. The van der Waals surface area contributed by atoms with Crippen LogP contribution in [0.4, 0.5) is 5.69 Å². The number of nitrogens with zero attached hydrogens (tertiary/aromatic N) is 3. The largest absolute Gasteiger partial charge is 0.288 e. The molecule has 0 bridgehead atoms. The normalized spacial score (nSPS) is 11.9.